The van der Waals surface area contributed by atoms with Gasteiger partial charge >= 0.3 is 0 Å². The van der Waals surface area contributed by atoms with Crippen molar-refractivity contribution in [1.82, 2.24) is 0 Å². The van der Waals surface area contributed by atoms with Gasteiger partial charge in [-0.25, -0.2) is 8.78 Å². The van der Waals surface area contributed by atoms with E-state index < -0.39 is 11.6 Å². The molecule has 0 aromatic heterocycles. The Morgan fingerprint density at radius 3 is 2.59 bits per heavy atom. The highest BCUT2D eigenvalue weighted by Gasteiger charge is 2.16. The minimum absolute atomic E-state index is 0.00309. The van der Waals surface area contributed by atoms with Gasteiger partial charge in [-0.2, -0.15) is 5.26 Å². The van der Waals surface area contributed by atoms with Gasteiger partial charge in [0.1, 0.15) is 6.07 Å². The zero-order chi connectivity index (χ0) is 12.8. The smallest absolute Gasteiger partial charge is 0.183 e. The molecule has 0 heterocycles. The molecule has 5 heteroatoms. The van der Waals surface area contributed by atoms with Gasteiger partial charge < -0.3 is 10.0 Å². The molecule has 1 aromatic rings. The van der Waals surface area contributed by atoms with Crippen molar-refractivity contribution in [3.63, 3.8) is 0 Å². The van der Waals surface area contributed by atoms with E-state index in [1.165, 1.54) is 12.1 Å². The summed E-state index contributed by atoms with van der Waals surface area (Å²) in [6.07, 6.45) is 0.481. The second-order valence-electron chi connectivity index (χ2n) is 3.53. The van der Waals surface area contributed by atoms with E-state index in [4.69, 9.17) is 10.4 Å². The maximum Gasteiger partial charge on any atom is 0.183 e. The fourth-order valence-electron chi connectivity index (χ4n) is 1.58. The van der Waals surface area contributed by atoms with Crippen molar-refractivity contribution < 1.29 is 13.9 Å². The number of aliphatic hydroxyl groups is 1. The summed E-state index contributed by atoms with van der Waals surface area (Å²) in [6, 6.07) is 4.24. The summed E-state index contributed by atoms with van der Waals surface area (Å²) in [6.45, 7) is 2.75. The lowest BCUT2D eigenvalue weighted by atomic mass is 10.1. The largest absolute Gasteiger partial charge is 0.396 e. The second-order valence-corrected chi connectivity index (χ2v) is 3.53. The van der Waals surface area contributed by atoms with Crippen LogP contribution in [0.5, 0.6) is 0 Å². The highest BCUT2D eigenvalue weighted by molar-refractivity contribution is 5.51. The Morgan fingerprint density at radius 2 is 2.06 bits per heavy atom. The van der Waals surface area contributed by atoms with Crippen molar-refractivity contribution in [2.24, 2.45) is 0 Å². The Bertz CT molecular complexity index is 429. The Labute approximate surface area is 98.9 Å². The van der Waals surface area contributed by atoms with E-state index in [9.17, 15) is 8.78 Å². The zero-order valence-corrected chi connectivity index (χ0v) is 9.58. The molecule has 0 unspecified atom stereocenters. The van der Waals surface area contributed by atoms with E-state index in [0.29, 0.717) is 19.5 Å². The number of rotatable bonds is 5. The maximum absolute atomic E-state index is 13.7. The van der Waals surface area contributed by atoms with E-state index in [-0.39, 0.29) is 17.9 Å². The minimum Gasteiger partial charge on any atom is -0.396 e. The molecule has 17 heavy (non-hydrogen) atoms. The average Bonchev–Trinajstić information content (AvgIpc) is 2.35. The summed E-state index contributed by atoms with van der Waals surface area (Å²) in [7, 11) is 0. The molecule has 1 aromatic carbocycles. The van der Waals surface area contributed by atoms with Crippen LogP contribution in [0.3, 0.4) is 0 Å². The molecule has 0 radical (unpaired) electrons. The van der Waals surface area contributed by atoms with E-state index in [1.54, 1.807) is 11.0 Å². The molecule has 0 aliphatic rings. The normalized spacial score (nSPS) is 10.1. The summed E-state index contributed by atoms with van der Waals surface area (Å²) in [5.41, 5.74) is -0.179. The first-order chi connectivity index (χ1) is 8.15. The number of aliphatic hydroxyl groups excluding tert-OH is 1. The minimum atomic E-state index is -1.12. The molecule has 0 saturated carbocycles. The van der Waals surface area contributed by atoms with Crippen molar-refractivity contribution in [2.75, 3.05) is 24.6 Å². The third-order valence-electron chi connectivity index (χ3n) is 2.49. The van der Waals surface area contributed by atoms with Crippen LogP contribution in [0.15, 0.2) is 12.1 Å². The highest BCUT2D eigenvalue weighted by Crippen LogP contribution is 2.23. The lowest BCUT2D eigenvalue weighted by Crippen LogP contribution is -2.26. The number of anilines is 1. The topological polar surface area (TPSA) is 47.3 Å². The fourth-order valence-corrected chi connectivity index (χ4v) is 1.58. The molecule has 0 aliphatic heterocycles. The number of nitrogens with zero attached hydrogens (tertiary/aromatic N) is 2. The van der Waals surface area contributed by atoms with Crippen molar-refractivity contribution in [2.45, 2.75) is 13.3 Å². The molecule has 0 fully saturated rings. The summed E-state index contributed by atoms with van der Waals surface area (Å²) < 4.78 is 27.1. The standard InChI is InChI=1S/C12H14F2N2O/c1-2-16(6-3-7-17)10-5-4-9(8-15)11(13)12(10)14/h4-5,17H,2-3,6-7H2,1H3. The quantitative estimate of drug-likeness (QED) is 0.856. The van der Waals surface area contributed by atoms with Gasteiger partial charge in [-0.1, -0.05) is 0 Å². The lowest BCUT2D eigenvalue weighted by Gasteiger charge is -2.23. The SMILES string of the molecule is CCN(CCCO)c1ccc(C#N)c(F)c1F. The molecular formula is C12H14F2N2O. The molecule has 0 bridgehead atoms. The van der Waals surface area contributed by atoms with Crippen LogP contribution in [-0.4, -0.2) is 24.8 Å². The number of hydrogen-bond donors (Lipinski definition) is 1. The predicted octanol–water partition coefficient (Wildman–Crippen LogP) is 2.05. The number of hydrogen-bond acceptors (Lipinski definition) is 3. The van der Waals surface area contributed by atoms with Crippen LogP contribution in [0.4, 0.5) is 14.5 Å². The van der Waals surface area contributed by atoms with Gasteiger partial charge in [-0.05, 0) is 25.5 Å². The van der Waals surface area contributed by atoms with Gasteiger partial charge in [0.2, 0.25) is 0 Å². The zero-order valence-electron chi connectivity index (χ0n) is 9.58. The van der Waals surface area contributed by atoms with Crippen molar-refractivity contribution in [3.05, 3.63) is 29.3 Å². The number of benzene rings is 1. The van der Waals surface area contributed by atoms with Crippen LogP contribution in [0.2, 0.25) is 0 Å². The van der Waals surface area contributed by atoms with Crippen LogP contribution in [0, 0.1) is 23.0 Å². The molecule has 92 valence electrons. The van der Waals surface area contributed by atoms with Gasteiger partial charge in [0, 0.05) is 19.7 Å². The van der Waals surface area contributed by atoms with Gasteiger partial charge in [0.25, 0.3) is 0 Å². The molecule has 3 nitrogen and oxygen atoms in total. The third kappa shape index (κ3) is 2.92. The summed E-state index contributed by atoms with van der Waals surface area (Å²) in [5, 5.41) is 17.3. The average molecular weight is 240 g/mol. The van der Waals surface area contributed by atoms with E-state index in [2.05, 4.69) is 0 Å². The summed E-state index contributed by atoms with van der Waals surface area (Å²) in [5.74, 6) is -2.13. The predicted molar refractivity (Wildman–Crippen MR) is 60.7 cm³/mol. The van der Waals surface area contributed by atoms with E-state index in [1.807, 2.05) is 6.92 Å². The first kappa shape index (κ1) is 13.4. The van der Waals surface area contributed by atoms with Crippen LogP contribution in [-0.2, 0) is 0 Å². The Balaban J connectivity index is 3.05. The summed E-state index contributed by atoms with van der Waals surface area (Å²) in [4.78, 5) is 1.62. The maximum atomic E-state index is 13.7. The number of nitriles is 1. The molecule has 0 aliphatic carbocycles. The van der Waals surface area contributed by atoms with Gasteiger partial charge in [-0.3, -0.25) is 0 Å². The fraction of sp³-hybridized carbons (Fsp3) is 0.417. The van der Waals surface area contributed by atoms with Gasteiger partial charge in [0.05, 0.1) is 11.3 Å². The Kier molecular flexibility index (Phi) is 4.85. The van der Waals surface area contributed by atoms with E-state index in [0.717, 1.165) is 0 Å². The van der Waals surface area contributed by atoms with Crippen molar-refractivity contribution in [1.29, 1.82) is 5.26 Å². The Hall–Kier alpha value is -1.67. The summed E-state index contributed by atoms with van der Waals surface area (Å²) >= 11 is 0. The third-order valence-corrected chi connectivity index (χ3v) is 2.49. The van der Waals surface area contributed by atoms with E-state index >= 15 is 0 Å². The highest BCUT2D eigenvalue weighted by atomic mass is 19.2. The molecule has 0 spiro atoms. The monoisotopic (exact) mass is 240 g/mol. The van der Waals surface area contributed by atoms with Crippen LogP contribution < -0.4 is 4.90 Å². The molecule has 0 atom stereocenters. The first-order valence-corrected chi connectivity index (χ1v) is 5.39. The lowest BCUT2D eigenvalue weighted by molar-refractivity contribution is 0.289. The van der Waals surface area contributed by atoms with Gasteiger partial charge in [-0.15, -0.1) is 0 Å². The Morgan fingerprint density at radius 1 is 1.35 bits per heavy atom. The van der Waals surface area contributed by atoms with Crippen LogP contribution in [0.1, 0.15) is 18.9 Å². The van der Waals surface area contributed by atoms with Crippen molar-refractivity contribution in [3.8, 4) is 6.07 Å². The molecule has 1 rings (SSSR count). The van der Waals surface area contributed by atoms with Crippen molar-refractivity contribution >= 4 is 5.69 Å². The number of halogens is 2. The molecular weight excluding hydrogens is 226 g/mol. The van der Waals surface area contributed by atoms with Crippen LogP contribution in [0.25, 0.3) is 0 Å². The van der Waals surface area contributed by atoms with Gasteiger partial charge in [0.15, 0.2) is 11.6 Å². The molecule has 0 saturated heterocycles. The molecule has 1 N–H and O–H groups in total. The molecule has 0 amide bonds. The first-order valence-electron chi connectivity index (χ1n) is 5.39. The van der Waals surface area contributed by atoms with Crippen LogP contribution >= 0.6 is 0 Å². The second kappa shape index (κ2) is 6.16.